The van der Waals surface area contributed by atoms with Crippen LogP contribution in [0, 0.1) is 23.7 Å². The highest BCUT2D eigenvalue weighted by molar-refractivity contribution is 6.14. The fourth-order valence-corrected chi connectivity index (χ4v) is 20.2. The molecule has 0 aliphatic rings. The summed E-state index contributed by atoms with van der Waals surface area (Å²) in [6.45, 7) is 0. The zero-order valence-corrected chi connectivity index (χ0v) is 76.1. The Morgan fingerprint density at radius 1 is 0.101 bits per heavy atom. The van der Waals surface area contributed by atoms with E-state index in [9.17, 15) is 0 Å². The molecule has 0 amide bonds. The van der Waals surface area contributed by atoms with Gasteiger partial charge in [-0.2, -0.15) is 0 Å². The maximum atomic E-state index is 3.85. The van der Waals surface area contributed by atoms with E-state index in [4.69, 9.17) is 0 Å². The van der Waals surface area contributed by atoms with Gasteiger partial charge in [0.15, 0.2) is 0 Å². The lowest BCUT2D eigenvalue weighted by molar-refractivity contribution is 1.51. The average Bonchev–Trinajstić information content (AvgIpc) is 0.736. The van der Waals surface area contributed by atoms with Gasteiger partial charge in [0.25, 0.3) is 0 Å². The van der Waals surface area contributed by atoms with Gasteiger partial charge in [-0.05, 0) is 295 Å². The molecule has 0 N–H and O–H groups in total. The van der Waals surface area contributed by atoms with Crippen LogP contribution in [-0.4, -0.2) is 0 Å². The van der Waals surface area contributed by atoms with Crippen molar-refractivity contribution in [3.05, 3.63) is 569 Å². The Labute approximate surface area is 809 Å². The molecule has 22 aromatic carbocycles. The minimum absolute atomic E-state index is 0.828. The van der Waals surface area contributed by atoms with E-state index in [0.29, 0.717) is 0 Å². The summed E-state index contributed by atoms with van der Waals surface area (Å²) < 4.78 is 0. The van der Waals surface area contributed by atoms with Crippen LogP contribution in [0.3, 0.4) is 0 Å². The van der Waals surface area contributed by atoms with Crippen molar-refractivity contribution in [3.8, 4) is 246 Å². The normalized spacial score (nSPS) is 11.0. The third-order valence-electron chi connectivity index (χ3n) is 26.2. The van der Waals surface area contributed by atoms with Crippen LogP contribution in [0.1, 0.15) is 11.1 Å². The first kappa shape index (κ1) is 85.2. The quantitative estimate of drug-likeness (QED) is 0.0667. The lowest BCUT2D eigenvalue weighted by Gasteiger charge is -2.26. The third kappa shape index (κ3) is 17.5. The third-order valence-corrected chi connectivity index (χ3v) is 26.2. The molecule has 0 heterocycles. The summed E-state index contributed by atoms with van der Waals surface area (Å²) in [4.78, 5) is 0. The number of hydrogen-bond acceptors (Lipinski definition) is 0. The largest absolute Gasteiger partial charge is 0.0689 e. The zero-order chi connectivity index (χ0) is 92.1. The Kier molecular flexibility index (Phi) is 24.5. The molecular weight excluding hydrogens is 1660 g/mol. The highest BCUT2D eigenvalue weighted by Gasteiger charge is 2.31. The topological polar surface area (TPSA) is 0 Å². The van der Waals surface area contributed by atoms with E-state index in [0.717, 1.165) is 234 Å². The summed E-state index contributed by atoms with van der Waals surface area (Å²) in [7, 11) is 0. The Morgan fingerprint density at radius 3 is 0.355 bits per heavy atom. The van der Waals surface area contributed by atoms with Gasteiger partial charge in [0.1, 0.15) is 0 Å². The van der Waals surface area contributed by atoms with Crippen molar-refractivity contribution in [1.29, 1.82) is 0 Å². The summed E-state index contributed by atoms with van der Waals surface area (Å²) in [5.41, 5.74) is 45.7. The molecule has 0 aliphatic heterocycles. The lowest BCUT2D eigenvalue weighted by atomic mass is 9.77. The van der Waals surface area contributed by atoms with Crippen molar-refractivity contribution >= 4 is 0 Å². The maximum absolute atomic E-state index is 3.85. The van der Waals surface area contributed by atoms with E-state index >= 15 is 0 Å². The summed E-state index contributed by atoms with van der Waals surface area (Å²) in [6, 6.07) is 199. The second kappa shape index (κ2) is 39.6. The van der Waals surface area contributed by atoms with E-state index in [2.05, 4.69) is 570 Å². The van der Waals surface area contributed by atoms with Crippen molar-refractivity contribution in [2.24, 2.45) is 0 Å². The van der Waals surface area contributed by atoms with Crippen LogP contribution in [0.4, 0.5) is 0 Å². The molecule has 0 nitrogen and oxygen atoms in total. The van der Waals surface area contributed by atoms with E-state index in [-0.39, 0.29) is 0 Å². The summed E-state index contributed by atoms with van der Waals surface area (Å²) in [5.74, 6) is 15.0. The molecule has 138 heavy (non-hydrogen) atoms. The molecule has 0 spiro atoms. The first-order valence-electron chi connectivity index (χ1n) is 47.3. The van der Waals surface area contributed by atoms with E-state index < -0.39 is 0 Å². The molecule has 0 aromatic heterocycles. The number of allylic oxidation sites excluding steroid dienone is 2. The van der Waals surface area contributed by atoms with Crippen molar-refractivity contribution in [2.45, 2.75) is 0 Å². The van der Waals surface area contributed by atoms with Crippen molar-refractivity contribution < 1.29 is 0 Å². The fraction of sp³-hybridized carbons (Fsp3) is 0. The van der Waals surface area contributed by atoms with E-state index in [1.807, 2.05) is 12.2 Å². The van der Waals surface area contributed by atoms with Crippen LogP contribution in [0.15, 0.2) is 558 Å². The molecule has 644 valence electrons. The Balaban J connectivity index is 0.813. The first-order valence-corrected chi connectivity index (χ1v) is 47.3. The van der Waals surface area contributed by atoms with Crippen LogP contribution >= 0.6 is 0 Å². The predicted molar refractivity (Wildman–Crippen MR) is 585 cm³/mol. The summed E-state index contributed by atoms with van der Waals surface area (Å²) in [5, 5.41) is 0. The van der Waals surface area contributed by atoms with Crippen LogP contribution in [0.25, 0.3) is 223 Å². The van der Waals surface area contributed by atoms with E-state index in [1.54, 1.807) is 0 Å². The van der Waals surface area contributed by atoms with E-state index in [1.165, 1.54) is 0 Å². The highest BCUT2D eigenvalue weighted by atomic mass is 14.3. The SMILES string of the molecule is C(#Cc1cc(-c2cc(-c3ccccc3)c(-c3ccccc3)c(-c3ccccc3)c2-c2ccccc2)cc(-c2cc(-c3ccccc3)c(-c3ccccc3)c(-c3ccccc3)c2-c2ccccc2)c1)/C=C/C#Cc1cc(-c2cc(-c3ccccc3)c(-c3ccccc3)c(-c3ccccc3)c2-c2ccccc2)cc(-c2cc(-c3ccccc3)c(-c3ccccc3)c(-c3ccccc3)c2-c2ccccc2)c1. The lowest BCUT2D eigenvalue weighted by Crippen LogP contribution is -2.00. The monoisotopic (exact) mass is 1750 g/mol. The van der Waals surface area contributed by atoms with Gasteiger partial charge in [0.05, 0.1) is 0 Å². The van der Waals surface area contributed by atoms with Gasteiger partial charge >= 0.3 is 0 Å². The molecule has 0 radical (unpaired) electrons. The molecule has 22 aromatic rings. The van der Waals surface area contributed by atoms with Gasteiger partial charge in [-0.15, -0.1) is 0 Å². The maximum Gasteiger partial charge on any atom is 0.0261 e. The van der Waals surface area contributed by atoms with Crippen molar-refractivity contribution in [2.75, 3.05) is 0 Å². The molecule has 0 fully saturated rings. The molecule has 0 saturated carbocycles. The van der Waals surface area contributed by atoms with Gasteiger partial charge in [-0.1, -0.05) is 509 Å². The molecule has 0 atom stereocenters. The number of benzene rings is 22. The summed E-state index contributed by atoms with van der Waals surface area (Å²) >= 11 is 0. The smallest absolute Gasteiger partial charge is 0.0261 e. The Morgan fingerprint density at radius 2 is 0.217 bits per heavy atom. The Bertz CT molecular complexity index is 7300. The van der Waals surface area contributed by atoms with Gasteiger partial charge in [-0.25, -0.2) is 0 Å². The van der Waals surface area contributed by atoms with Crippen molar-refractivity contribution in [3.63, 3.8) is 0 Å². The number of hydrogen-bond donors (Lipinski definition) is 0. The molecule has 0 heteroatoms. The second-order valence-electron chi connectivity index (χ2n) is 34.7. The minimum Gasteiger partial charge on any atom is -0.0689 e. The van der Waals surface area contributed by atoms with Gasteiger partial charge in [0, 0.05) is 11.1 Å². The van der Waals surface area contributed by atoms with Gasteiger partial charge < -0.3 is 0 Å². The van der Waals surface area contributed by atoms with Crippen LogP contribution < -0.4 is 0 Å². The average molecular weight is 1750 g/mol. The molecule has 0 saturated heterocycles. The van der Waals surface area contributed by atoms with Crippen LogP contribution in [0.5, 0.6) is 0 Å². The Hall–Kier alpha value is -18.3. The molecule has 0 bridgehead atoms. The number of rotatable bonds is 20. The molecular formula is C138H92. The fourth-order valence-electron chi connectivity index (χ4n) is 20.2. The molecule has 0 aliphatic carbocycles. The predicted octanol–water partition coefficient (Wildman–Crippen LogP) is 37.0. The highest BCUT2D eigenvalue weighted by Crippen LogP contribution is 2.58. The van der Waals surface area contributed by atoms with Crippen LogP contribution in [-0.2, 0) is 0 Å². The van der Waals surface area contributed by atoms with Gasteiger partial charge in [-0.3, -0.25) is 0 Å². The van der Waals surface area contributed by atoms with Crippen LogP contribution in [0.2, 0.25) is 0 Å². The second-order valence-corrected chi connectivity index (χ2v) is 34.7. The van der Waals surface area contributed by atoms with Crippen molar-refractivity contribution in [1.82, 2.24) is 0 Å². The van der Waals surface area contributed by atoms with Gasteiger partial charge in [0.2, 0.25) is 0 Å². The molecule has 22 rings (SSSR count). The standard InChI is InChI=1S/C138H92/c1(19-53-97-87-115(123-93-119(99-55-21-3-22-56-99)127(103-63-29-7-30-64-103)135(111-79-45-15-46-80-111)131(123)107-71-37-11-38-72-107)91-116(88-97)124-94-120(100-57-23-4-24-58-100)128(104-65-31-8-32-66-104)136(112-81-47-16-48-82-112)132(124)108-73-39-12-40-74-108)2-20-54-98-89-117(125-95-121(101-59-25-5-26-60-101)129(105-67-33-9-34-68-105)137(113-83-49-17-50-84-113)133(125)109-75-41-13-42-76-109)92-118(90-98)126-96-122(102-61-27-6-28-62-102)130(106-69-35-10-36-70-106)138(114-85-51-18-52-86-114)134(126)110-77-43-14-44-78-110/h1-18,21-52,55-96H/b2-1+. The summed E-state index contributed by atoms with van der Waals surface area (Å²) in [6.07, 6.45) is 3.87. The minimum atomic E-state index is 0.828. The molecule has 0 unspecified atom stereocenters. The first-order chi connectivity index (χ1) is 68.5. The zero-order valence-electron chi connectivity index (χ0n) is 76.1.